The topological polar surface area (TPSA) is 76.0 Å². The van der Waals surface area contributed by atoms with Crippen molar-refractivity contribution in [2.75, 3.05) is 11.9 Å². The summed E-state index contributed by atoms with van der Waals surface area (Å²) >= 11 is 0. The minimum Gasteiger partial charge on any atom is -0.352 e. The summed E-state index contributed by atoms with van der Waals surface area (Å²) in [5.74, 6) is -0.130. The number of aromatic nitrogens is 2. The average molecular weight is 258 g/mol. The van der Waals surface area contributed by atoms with E-state index in [0.717, 1.165) is 0 Å². The highest BCUT2D eigenvalue weighted by atomic mass is 16.2. The van der Waals surface area contributed by atoms with Gasteiger partial charge >= 0.3 is 6.03 Å². The van der Waals surface area contributed by atoms with Gasteiger partial charge in [0.2, 0.25) is 0 Å². The standard InChI is InChI=1S/C13H14N4O2/c1-2-15-12(18)10-3-5-11(6-4-10)16-13(19)17-8-7-14-9-17/h3-9H,2H2,1H3,(H,15,18)(H,16,19). The van der Waals surface area contributed by atoms with E-state index in [9.17, 15) is 9.59 Å². The molecular weight excluding hydrogens is 244 g/mol. The zero-order chi connectivity index (χ0) is 13.7. The summed E-state index contributed by atoms with van der Waals surface area (Å²) in [5.41, 5.74) is 1.18. The van der Waals surface area contributed by atoms with Crippen LogP contribution in [0, 0.1) is 0 Å². The van der Waals surface area contributed by atoms with Crippen molar-refractivity contribution in [3.63, 3.8) is 0 Å². The molecule has 0 unspecified atom stereocenters. The number of nitrogens with one attached hydrogen (secondary N) is 2. The van der Waals surface area contributed by atoms with Crippen molar-refractivity contribution >= 4 is 17.6 Å². The maximum absolute atomic E-state index is 11.7. The van der Waals surface area contributed by atoms with E-state index in [1.165, 1.54) is 17.1 Å². The first-order valence-electron chi connectivity index (χ1n) is 5.88. The van der Waals surface area contributed by atoms with Crippen molar-refractivity contribution in [3.8, 4) is 0 Å². The van der Waals surface area contributed by atoms with Gasteiger partial charge in [-0.05, 0) is 31.2 Å². The van der Waals surface area contributed by atoms with E-state index in [1.807, 2.05) is 6.92 Å². The van der Waals surface area contributed by atoms with Crippen molar-refractivity contribution < 1.29 is 9.59 Å². The lowest BCUT2D eigenvalue weighted by molar-refractivity contribution is 0.0956. The lowest BCUT2D eigenvalue weighted by atomic mass is 10.2. The summed E-state index contributed by atoms with van der Waals surface area (Å²) in [6, 6.07) is 6.38. The fraction of sp³-hybridized carbons (Fsp3) is 0.154. The lowest BCUT2D eigenvalue weighted by Gasteiger charge is -2.06. The van der Waals surface area contributed by atoms with Gasteiger partial charge in [-0.1, -0.05) is 0 Å². The molecule has 2 N–H and O–H groups in total. The van der Waals surface area contributed by atoms with Crippen LogP contribution in [-0.4, -0.2) is 28.0 Å². The molecule has 6 heteroatoms. The summed E-state index contributed by atoms with van der Waals surface area (Å²) in [4.78, 5) is 27.1. The molecule has 6 nitrogen and oxygen atoms in total. The first-order valence-corrected chi connectivity index (χ1v) is 5.88. The largest absolute Gasteiger partial charge is 0.352 e. The molecule has 0 radical (unpaired) electrons. The smallest absolute Gasteiger partial charge is 0.331 e. The van der Waals surface area contributed by atoms with Crippen LogP contribution >= 0.6 is 0 Å². The summed E-state index contributed by atoms with van der Waals surface area (Å²) in [7, 11) is 0. The first-order chi connectivity index (χ1) is 9.20. The second kappa shape index (κ2) is 5.81. The Kier molecular flexibility index (Phi) is 3.92. The van der Waals surface area contributed by atoms with Crippen molar-refractivity contribution in [3.05, 3.63) is 48.5 Å². The number of amides is 2. The Morgan fingerprint density at radius 3 is 2.58 bits per heavy atom. The van der Waals surface area contributed by atoms with Crippen LogP contribution in [0.15, 0.2) is 43.0 Å². The van der Waals surface area contributed by atoms with Gasteiger partial charge in [0.15, 0.2) is 0 Å². The lowest BCUT2D eigenvalue weighted by Crippen LogP contribution is -2.22. The van der Waals surface area contributed by atoms with Gasteiger partial charge in [-0.2, -0.15) is 0 Å². The van der Waals surface area contributed by atoms with Crippen LogP contribution in [0.3, 0.4) is 0 Å². The van der Waals surface area contributed by atoms with Crippen LogP contribution in [0.4, 0.5) is 10.5 Å². The van der Waals surface area contributed by atoms with Gasteiger partial charge in [0.05, 0.1) is 0 Å². The molecule has 0 aliphatic carbocycles. The fourth-order valence-corrected chi connectivity index (χ4v) is 1.53. The van der Waals surface area contributed by atoms with E-state index in [-0.39, 0.29) is 11.9 Å². The predicted octanol–water partition coefficient (Wildman–Crippen LogP) is 1.71. The third-order valence-corrected chi connectivity index (χ3v) is 2.47. The van der Waals surface area contributed by atoms with Gasteiger partial charge in [-0.25, -0.2) is 9.78 Å². The molecule has 0 saturated carbocycles. The molecule has 1 aromatic carbocycles. The summed E-state index contributed by atoms with van der Waals surface area (Å²) < 4.78 is 1.33. The number of rotatable bonds is 3. The van der Waals surface area contributed by atoms with E-state index in [2.05, 4.69) is 15.6 Å². The highest BCUT2D eigenvalue weighted by molar-refractivity contribution is 5.95. The molecular formula is C13H14N4O2. The molecule has 2 rings (SSSR count). The third kappa shape index (κ3) is 3.19. The van der Waals surface area contributed by atoms with Gasteiger partial charge in [0.25, 0.3) is 5.91 Å². The van der Waals surface area contributed by atoms with Gasteiger partial charge in [-0.15, -0.1) is 0 Å². The maximum Gasteiger partial charge on any atom is 0.331 e. The minimum atomic E-state index is -0.303. The quantitative estimate of drug-likeness (QED) is 0.880. The molecule has 1 heterocycles. The van der Waals surface area contributed by atoms with E-state index in [0.29, 0.717) is 17.8 Å². The van der Waals surface area contributed by atoms with Gasteiger partial charge in [0.1, 0.15) is 6.33 Å². The Morgan fingerprint density at radius 1 is 1.26 bits per heavy atom. The van der Waals surface area contributed by atoms with E-state index in [4.69, 9.17) is 0 Å². The Labute approximate surface area is 110 Å². The minimum absolute atomic E-state index is 0.130. The second-order valence-electron chi connectivity index (χ2n) is 3.84. The fourth-order valence-electron chi connectivity index (χ4n) is 1.53. The normalized spacial score (nSPS) is 9.95. The number of carbonyl (C=O) groups is 2. The van der Waals surface area contributed by atoms with Gasteiger partial charge in [0, 0.05) is 30.2 Å². The van der Waals surface area contributed by atoms with Crippen molar-refractivity contribution in [1.29, 1.82) is 0 Å². The molecule has 98 valence electrons. The summed E-state index contributed by atoms with van der Waals surface area (Å²) in [5, 5.41) is 5.40. The number of carbonyl (C=O) groups excluding carboxylic acids is 2. The molecule has 0 fully saturated rings. The molecule has 0 aliphatic heterocycles. The molecule has 0 saturated heterocycles. The van der Waals surface area contributed by atoms with Crippen LogP contribution in [0.25, 0.3) is 0 Å². The highest BCUT2D eigenvalue weighted by Crippen LogP contribution is 2.10. The van der Waals surface area contributed by atoms with E-state index in [1.54, 1.807) is 30.5 Å². The van der Waals surface area contributed by atoms with Gasteiger partial charge < -0.3 is 10.6 Å². The zero-order valence-corrected chi connectivity index (χ0v) is 10.5. The number of nitrogens with zero attached hydrogens (tertiary/aromatic N) is 2. The molecule has 19 heavy (non-hydrogen) atoms. The van der Waals surface area contributed by atoms with Gasteiger partial charge in [-0.3, -0.25) is 9.36 Å². The number of anilines is 1. The molecule has 0 spiro atoms. The molecule has 1 aromatic heterocycles. The molecule has 2 amide bonds. The molecule has 2 aromatic rings. The predicted molar refractivity (Wildman–Crippen MR) is 71.1 cm³/mol. The zero-order valence-electron chi connectivity index (χ0n) is 10.5. The SMILES string of the molecule is CCNC(=O)c1ccc(NC(=O)n2ccnc2)cc1. The van der Waals surface area contributed by atoms with E-state index >= 15 is 0 Å². The van der Waals surface area contributed by atoms with Crippen LogP contribution < -0.4 is 10.6 Å². The molecule has 0 bridgehead atoms. The third-order valence-electron chi connectivity index (χ3n) is 2.47. The number of hydrogen-bond donors (Lipinski definition) is 2. The summed E-state index contributed by atoms with van der Waals surface area (Å²) in [6.45, 7) is 2.44. The molecule has 0 aliphatic rings. The van der Waals surface area contributed by atoms with Crippen LogP contribution in [0.1, 0.15) is 17.3 Å². The monoisotopic (exact) mass is 258 g/mol. The number of hydrogen-bond acceptors (Lipinski definition) is 3. The highest BCUT2D eigenvalue weighted by Gasteiger charge is 2.06. The van der Waals surface area contributed by atoms with E-state index < -0.39 is 0 Å². The van der Waals surface area contributed by atoms with Crippen molar-refractivity contribution in [1.82, 2.24) is 14.9 Å². The Hall–Kier alpha value is -2.63. The average Bonchev–Trinajstić information content (AvgIpc) is 2.94. The second-order valence-corrected chi connectivity index (χ2v) is 3.84. The Balaban J connectivity index is 2.03. The van der Waals surface area contributed by atoms with Crippen LogP contribution in [0.5, 0.6) is 0 Å². The van der Waals surface area contributed by atoms with Crippen molar-refractivity contribution in [2.45, 2.75) is 6.92 Å². The summed E-state index contributed by atoms with van der Waals surface area (Å²) in [6.07, 6.45) is 4.49. The number of benzene rings is 1. The Bertz CT molecular complexity index is 561. The van der Waals surface area contributed by atoms with Crippen LogP contribution in [-0.2, 0) is 0 Å². The first kappa shape index (κ1) is 12.8. The number of imidazole rings is 1. The Morgan fingerprint density at radius 2 is 2.00 bits per heavy atom. The maximum atomic E-state index is 11.7. The van der Waals surface area contributed by atoms with Crippen molar-refractivity contribution in [2.24, 2.45) is 0 Å². The van der Waals surface area contributed by atoms with Crippen LogP contribution in [0.2, 0.25) is 0 Å². The molecule has 0 atom stereocenters.